The number of fused-ring (bicyclic) bond motifs is 11. The Morgan fingerprint density at radius 1 is 0.338 bits per heavy atom. The second-order valence-corrected chi connectivity index (χ2v) is 20.4. The van der Waals surface area contributed by atoms with Crippen molar-refractivity contribution in [3.05, 3.63) is 203 Å². The maximum atomic E-state index is 2.56. The average molecular weight is 839 g/mol. The molecule has 4 aliphatic rings. The molecule has 2 heterocycles. The summed E-state index contributed by atoms with van der Waals surface area (Å²) in [7, 11) is 4.47. The van der Waals surface area contributed by atoms with Gasteiger partial charge in [-0.25, -0.2) is 0 Å². The van der Waals surface area contributed by atoms with E-state index in [9.17, 15) is 0 Å². The highest BCUT2D eigenvalue weighted by Gasteiger charge is 2.46. The van der Waals surface area contributed by atoms with E-state index in [0.717, 1.165) is 0 Å². The van der Waals surface area contributed by atoms with Crippen LogP contribution >= 0.6 is 0 Å². The van der Waals surface area contributed by atoms with Gasteiger partial charge in [0, 0.05) is 53.1 Å². The molecule has 0 unspecified atom stereocenters. The van der Waals surface area contributed by atoms with Gasteiger partial charge in [-0.15, -0.1) is 0 Å². The average Bonchev–Trinajstić information content (AvgIpc) is 3.95. The molecule has 9 aromatic rings. The van der Waals surface area contributed by atoms with Crippen molar-refractivity contribution in [2.24, 2.45) is 0 Å². The summed E-state index contributed by atoms with van der Waals surface area (Å²) in [6.45, 7) is 9.68. The van der Waals surface area contributed by atoms with Crippen LogP contribution in [0.4, 0.5) is 22.7 Å². The molecule has 0 aromatic heterocycles. The first-order chi connectivity index (χ1) is 31.6. The zero-order valence-corrected chi connectivity index (χ0v) is 38.4. The van der Waals surface area contributed by atoms with Gasteiger partial charge in [0.15, 0.2) is 0 Å². The number of hydrogen-bond acceptors (Lipinski definition) is 2. The quantitative estimate of drug-likeness (QED) is 0.164. The maximum Gasteiger partial charge on any atom is 0.0455 e. The molecular formula is C63H54N2. The van der Waals surface area contributed by atoms with Crippen LogP contribution in [0.15, 0.2) is 170 Å². The molecule has 316 valence electrons. The summed E-state index contributed by atoms with van der Waals surface area (Å²) in [4.78, 5) is 4.81. The topological polar surface area (TPSA) is 6.48 Å². The lowest BCUT2D eigenvalue weighted by atomic mass is 9.70. The number of benzene rings is 9. The Kier molecular flexibility index (Phi) is 8.04. The van der Waals surface area contributed by atoms with Gasteiger partial charge in [-0.05, 0) is 143 Å². The van der Waals surface area contributed by atoms with E-state index in [4.69, 9.17) is 0 Å². The van der Waals surface area contributed by atoms with Crippen molar-refractivity contribution >= 4 is 44.3 Å². The lowest BCUT2D eigenvalue weighted by molar-refractivity contribution is 0.550. The zero-order chi connectivity index (χ0) is 44.0. The summed E-state index contributed by atoms with van der Waals surface area (Å²) >= 11 is 0. The van der Waals surface area contributed by atoms with Gasteiger partial charge in [-0.3, -0.25) is 0 Å². The minimum Gasteiger partial charge on any atom is -0.344 e. The maximum absolute atomic E-state index is 2.56. The van der Waals surface area contributed by atoms with Gasteiger partial charge >= 0.3 is 0 Å². The molecule has 13 rings (SSSR count). The van der Waals surface area contributed by atoms with Gasteiger partial charge in [0.1, 0.15) is 0 Å². The van der Waals surface area contributed by atoms with Gasteiger partial charge in [0.2, 0.25) is 0 Å². The summed E-state index contributed by atoms with van der Waals surface area (Å²) in [6.07, 6.45) is 4.97. The molecule has 2 nitrogen and oxygen atoms in total. The van der Waals surface area contributed by atoms with Crippen molar-refractivity contribution in [2.75, 3.05) is 23.9 Å². The van der Waals surface area contributed by atoms with Gasteiger partial charge < -0.3 is 9.80 Å². The summed E-state index contributed by atoms with van der Waals surface area (Å²) in [5.74, 6) is 0. The second-order valence-electron chi connectivity index (χ2n) is 20.4. The number of hydrogen-bond donors (Lipinski definition) is 0. The molecule has 9 aromatic carbocycles. The van der Waals surface area contributed by atoms with E-state index in [0.29, 0.717) is 0 Å². The molecule has 2 aliphatic heterocycles. The van der Waals surface area contributed by atoms with Crippen LogP contribution in [0, 0.1) is 0 Å². The van der Waals surface area contributed by atoms with Crippen LogP contribution in [0.2, 0.25) is 0 Å². The Morgan fingerprint density at radius 3 is 1.29 bits per heavy atom. The Hall–Kier alpha value is -6.90. The molecule has 0 bridgehead atoms. The first kappa shape index (κ1) is 38.5. The molecular weight excluding hydrogens is 785 g/mol. The van der Waals surface area contributed by atoms with Crippen LogP contribution in [-0.4, -0.2) is 14.1 Å². The van der Waals surface area contributed by atoms with Crippen molar-refractivity contribution in [2.45, 2.75) is 69.6 Å². The highest BCUT2D eigenvalue weighted by molar-refractivity contribution is 6.21. The second kappa shape index (κ2) is 13.6. The van der Waals surface area contributed by atoms with Crippen LogP contribution in [-0.2, 0) is 16.2 Å². The molecule has 1 spiro atoms. The highest BCUT2D eigenvalue weighted by Crippen LogP contribution is 2.61. The largest absolute Gasteiger partial charge is 0.344 e. The molecule has 0 radical (unpaired) electrons. The molecule has 0 amide bonds. The monoisotopic (exact) mass is 838 g/mol. The Balaban J connectivity index is 1.16. The van der Waals surface area contributed by atoms with E-state index in [-0.39, 0.29) is 16.2 Å². The van der Waals surface area contributed by atoms with Crippen LogP contribution in [0.25, 0.3) is 66.1 Å². The predicted molar refractivity (Wildman–Crippen MR) is 276 cm³/mol. The van der Waals surface area contributed by atoms with Crippen LogP contribution in [0.5, 0.6) is 0 Å². The van der Waals surface area contributed by atoms with Crippen molar-refractivity contribution in [1.82, 2.24) is 0 Å². The number of para-hydroxylation sites is 2. The summed E-state index contributed by atoms with van der Waals surface area (Å²) in [6, 6.07) is 65.4. The Labute approximate surface area is 383 Å². The first-order valence-corrected chi connectivity index (χ1v) is 23.8. The normalized spacial score (nSPS) is 16.8. The van der Waals surface area contributed by atoms with E-state index in [1.807, 2.05) is 0 Å². The Morgan fingerprint density at radius 2 is 0.738 bits per heavy atom. The Bertz CT molecular complexity index is 3320. The molecule has 2 heteroatoms. The summed E-state index contributed by atoms with van der Waals surface area (Å²) < 4.78 is 0. The molecule has 0 N–H and O–H groups in total. The van der Waals surface area contributed by atoms with Gasteiger partial charge in [-0.1, -0.05) is 180 Å². The lowest BCUT2D eigenvalue weighted by Gasteiger charge is -2.42. The lowest BCUT2D eigenvalue weighted by Crippen LogP contribution is -2.31. The summed E-state index contributed by atoms with van der Waals surface area (Å²) in [5.41, 5.74) is 23.9. The van der Waals surface area contributed by atoms with E-state index in [1.165, 1.54) is 148 Å². The van der Waals surface area contributed by atoms with E-state index >= 15 is 0 Å². The van der Waals surface area contributed by atoms with Gasteiger partial charge in [0.05, 0.1) is 0 Å². The predicted octanol–water partition coefficient (Wildman–Crippen LogP) is 16.6. The van der Waals surface area contributed by atoms with Crippen molar-refractivity contribution in [3.8, 4) is 44.5 Å². The third kappa shape index (κ3) is 5.06. The van der Waals surface area contributed by atoms with Crippen LogP contribution < -0.4 is 9.80 Å². The molecule has 65 heavy (non-hydrogen) atoms. The smallest absolute Gasteiger partial charge is 0.0455 e. The van der Waals surface area contributed by atoms with Crippen molar-refractivity contribution in [1.29, 1.82) is 0 Å². The molecule has 2 aliphatic carbocycles. The van der Waals surface area contributed by atoms with E-state index < -0.39 is 0 Å². The fourth-order valence-corrected chi connectivity index (χ4v) is 13.7. The molecule has 1 fully saturated rings. The first-order valence-electron chi connectivity index (χ1n) is 23.8. The standard InChI is InChI=1S/C63H54N2/c1-61(2)50-29-9-11-32-53(50)64(5)55-34-18-25-43(59(55)61)39-21-15-23-41-47(39)38-48-40(44-26-19-35-56-60(44)62(3,4)51-30-10-12-33-54(51)65(56)6)22-16-24-42(48)57(41)46-27-17-31-52-58(46)45-20-7-8-28-49(45)63(52)36-13-14-37-63/h7-12,15-35,38H,13-14,36-37H2,1-6H3. The molecule has 0 saturated heterocycles. The van der Waals surface area contributed by atoms with E-state index in [2.05, 4.69) is 221 Å². The third-order valence-corrected chi connectivity index (χ3v) is 16.6. The minimum absolute atomic E-state index is 0.0760. The molecule has 1 saturated carbocycles. The molecule has 0 atom stereocenters. The van der Waals surface area contributed by atoms with Gasteiger partial charge in [-0.2, -0.15) is 0 Å². The fraction of sp³-hybridized carbons (Fsp3) is 0.206. The van der Waals surface area contributed by atoms with Crippen LogP contribution in [0.1, 0.15) is 86.8 Å². The van der Waals surface area contributed by atoms with Crippen molar-refractivity contribution < 1.29 is 0 Å². The third-order valence-electron chi connectivity index (χ3n) is 16.6. The van der Waals surface area contributed by atoms with Crippen molar-refractivity contribution in [3.63, 3.8) is 0 Å². The van der Waals surface area contributed by atoms with E-state index in [1.54, 1.807) is 0 Å². The van der Waals surface area contributed by atoms with Gasteiger partial charge in [0.25, 0.3) is 0 Å². The number of anilines is 4. The number of nitrogens with zero attached hydrogens (tertiary/aromatic N) is 2. The SMILES string of the molecule is CN1c2ccccc2C(C)(C)c2c(-c3cccc4c(-c5cccc6c5-c5ccccc5C65CCCC5)c5cccc(-c6cccc7c6C(C)(C)c6ccccc6N7C)c5cc34)cccc21. The zero-order valence-electron chi connectivity index (χ0n) is 38.4. The minimum atomic E-state index is -0.224. The van der Waals surface area contributed by atoms with Crippen LogP contribution in [0.3, 0.4) is 0 Å². The summed E-state index contributed by atoms with van der Waals surface area (Å²) in [5, 5.41) is 5.18. The fourth-order valence-electron chi connectivity index (χ4n) is 13.7. The number of rotatable bonds is 3. The highest BCUT2D eigenvalue weighted by atomic mass is 15.1.